The van der Waals surface area contributed by atoms with Gasteiger partial charge in [0.15, 0.2) is 0 Å². The highest BCUT2D eigenvalue weighted by Crippen LogP contribution is 2.21. The Bertz CT molecular complexity index is 926. The Balaban J connectivity index is 1.80. The normalized spacial score (nSPS) is 10.5. The highest BCUT2D eigenvalue weighted by molar-refractivity contribution is 6.46. The summed E-state index contributed by atoms with van der Waals surface area (Å²) in [5, 5.41) is 2.81. The fraction of sp³-hybridized carbons (Fsp3) is 0.182. The van der Waals surface area contributed by atoms with Gasteiger partial charge in [0.05, 0.1) is 5.69 Å². The van der Waals surface area contributed by atoms with Gasteiger partial charge in [0.25, 0.3) is 11.7 Å². The number of amides is 1. The Hall–Kier alpha value is -3.14. The van der Waals surface area contributed by atoms with Crippen molar-refractivity contribution in [1.29, 1.82) is 0 Å². The zero-order valence-corrected chi connectivity index (χ0v) is 15.0. The van der Waals surface area contributed by atoms with Gasteiger partial charge in [-0.25, -0.2) is 0 Å². The van der Waals surface area contributed by atoms with Crippen molar-refractivity contribution in [2.45, 2.75) is 26.8 Å². The van der Waals surface area contributed by atoms with Crippen molar-refractivity contribution in [3.8, 4) is 0 Å². The van der Waals surface area contributed by atoms with E-state index in [1.54, 1.807) is 16.7 Å². The van der Waals surface area contributed by atoms with E-state index in [0.717, 1.165) is 28.8 Å². The van der Waals surface area contributed by atoms with E-state index in [4.69, 9.17) is 0 Å². The summed E-state index contributed by atoms with van der Waals surface area (Å²) < 4.78 is 1.80. The third-order valence-electron chi connectivity index (χ3n) is 4.44. The van der Waals surface area contributed by atoms with Gasteiger partial charge in [0, 0.05) is 18.4 Å². The molecule has 0 saturated carbocycles. The summed E-state index contributed by atoms with van der Waals surface area (Å²) in [7, 11) is 0. The van der Waals surface area contributed by atoms with E-state index in [0.29, 0.717) is 12.2 Å². The molecule has 0 saturated heterocycles. The molecular weight excluding hydrogens is 324 g/mol. The summed E-state index contributed by atoms with van der Waals surface area (Å²) in [6.07, 6.45) is 2.61. The number of aromatic nitrogens is 1. The molecule has 3 aromatic rings. The minimum absolute atomic E-state index is 0.387. The molecule has 0 aliphatic rings. The number of carbonyl (C=O) groups excluding carboxylic acids is 2. The molecule has 0 atom stereocenters. The van der Waals surface area contributed by atoms with E-state index < -0.39 is 11.7 Å². The molecule has 0 unspecified atom stereocenters. The summed E-state index contributed by atoms with van der Waals surface area (Å²) in [6, 6.07) is 19.2. The number of nitrogens with one attached hydrogen (secondary N) is 1. The SMILES string of the molecule is CCc1cccc(C)c1NC(=O)C(=O)c1cccn1Cc1ccccc1. The van der Waals surface area contributed by atoms with Crippen LogP contribution < -0.4 is 5.32 Å². The second kappa shape index (κ2) is 7.83. The first-order valence-electron chi connectivity index (χ1n) is 8.73. The van der Waals surface area contributed by atoms with Gasteiger partial charge in [-0.05, 0) is 42.2 Å². The van der Waals surface area contributed by atoms with Crippen molar-refractivity contribution in [3.63, 3.8) is 0 Å². The fourth-order valence-electron chi connectivity index (χ4n) is 3.03. The molecular formula is C22H22N2O2. The quantitative estimate of drug-likeness (QED) is 0.536. The summed E-state index contributed by atoms with van der Waals surface area (Å²) in [5.74, 6) is -1.14. The van der Waals surface area contributed by atoms with E-state index >= 15 is 0 Å². The molecule has 1 amide bonds. The maximum absolute atomic E-state index is 12.7. The van der Waals surface area contributed by atoms with Gasteiger partial charge in [-0.3, -0.25) is 9.59 Å². The maximum Gasteiger partial charge on any atom is 0.298 e. The second-order valence-corrected chi connectivity index (χ2v) is 6.25. The lowest BCUT2D eigenvalue weighted by Crippen LogP contribution is -2.26. The lowest BCUT2D eigenvalue weighted by Gasteiger charge is -2.13. The topological polar surface area (TPSA) is 51.1 Å². The summed E-state index contributed by atoms with van der Waals surface area (Å²) in [5.41, 5.74) is 4.16. The minimum atomic E-state index is -0.609. The predicted octanol–water partition coefficient (Wildman–Crippen LogP) is 4.23. The van der Waals surface area contributed by atoms with E-state index in [1.165, 1.54) is 0 Å². The third-order valence-corrected chi connectivity index (χ3v) is 4.44. The van der Waals surface area contributed by atoms with Crippen LogP contribution in [-0.2, 0) is 17.8 Å². The first-order valence-corrected chi connectivity index (χ1v) is 8.73. The first kappa shape index (κ1) is 17.7. The Morgan fingerprint density at radius 2 is 1.73 bits per heavy atom. The zero-order chi connectivity index (χ0) is 18.5. The molecule has 0 aliphatic heterocycles. The van der Waals surface area contributed by atoms with Crippen LogP contribution in [0.2, 0.25) is 0 Å². The summed E-state index contributed by atoms with van der Waals surface area (Å²) >= 11 is 0. The molecule has 1 aromatic heterocycles. The molecule has 0 spiro atoms. The predicted molar refractivity (Wildman–Crippen MR) is 103 cm³/mol. The van der Waals surface area contributed by atoms with E-state index in [-0.39, 0.29) is 0 Å². The zero-order valence-electron chi connectivity index (χ0n) is 15.0. The third kappa shape index (κ3) is 3.75. The Morgan fingerprint density at radius 1 is 0.962 bits per heavy atom. The van der Waals surface area contributed by atoms with Gasteiger partial charge in [-0.2, -0.15) is 0 Å². The molecule has 4 nitrogen and oxygen atoms in total. The highest BCUT2D eigenvalue weighted by Gasteiger charge is 2.21. The molecule has 1 heterocycles. The van der Waals surface area contributed by atoms with Crippen LogP contribution in [0.15, 0.2) is 66.9 Å². The van der Waals surface area contributed by atoms with Gasteiger partial charge in [-0.1, -0.05) is 55.5 Å². The Kier molecular flexibility index (Phi) is 5.32. The summed E-state index contributed by atoms with van der Waals surface area (Å²) in [4.78, 5) is 25.3. The van der Waals surface area contributed by atoms with Crippen LogP contribution in [0, 0.1) is 6.92 Å². The number of carbonyl (C=O) groups is 2. The number of benzene rings is 2. The number of hydrogen-bond acceptors (Lipinski definition) is 2. The maximum atomic E-state index is 12.7. The van der Waals surface area contributed by atoms with Crippen LogP contribution in [0.25, 0.3) is 0 Å². The van der Waals surface area contributed by atoms with Crippen LogP contribution in [-0.4, -0.2) is 16.3 Å². The molecule has 4 heteroatoms. The molecule has 0 radical (unpaired) electrons. The lowest BCUT2D eigenvalue weighted by atomic mass is 10.1. The standard InChI is InChI=1S/C22H22N2O2/c1-3-18-12-7-9-16(2)20(18)23-22(26)21(25)19-13-8-14-24(19)15-17-10-5-4-6-11-17/h4-14H,3,15H2,1-2H3,(H,23,26). The number of ketones is 1. The fourth-order valence-corrected chi connectivity index (χ4v) is 3.03. The molecule has 26 heavy (non-hydrogen) atoms. The second-order valence-electron chi connectivity index (χ2n) is 6.25. The van der Waals surface area contributed by atoms with Gasteiger partial charge >= 0.3 is 0 Å². The Morgan fingerprint density at radius 3 is 2.46 bits per heavy atom. The largest absolute Gasteiger partial charge is 0.340 e. The van der Waals surface area contributed by atoms with Crippen LogP contribution >= 0.6 is 0 Å². The number of para-hydroxylation sites is 1. The van der Waals surface area contributed by atoms with Crippen molar-refractivity contribution < 1.29 is 9.59 Å². The van der Waals surface area contributed by atoms with E-state index in [2.05, 4.69) is 5.32 Å². The number of rotatable bonds is 6. The molecule has 1 N–H and O–H groups in total. The van der Waals surface area contributed by atoms with Crippen molar-refractivity contribution in [2.24, 2.45) is 0 Å². The minimum Gasteiger partial charge on any atom is -0.340 e. The average molecular weight is 346 g/mol. The smallest absolute Gasteiger partial charge is 0.298 e. The number of hydrogen-bond donors (Lipinski definition) is 1. The molecule has 0 fully saturated rings. The van der Waals surface area contributed by atoms with Gasteiger partial charge in [0.1, 0.15) is 0 Å². The van der Waals surface area contributed by atoms with Crippen molar-refractivity contribution >= 4 is 17.4 Å². The average Bonchev–Trinajstić information content (AvgIpc) is 3.11. The van der Waals surface area contributed by atoms with Gasteiger partial charge < -0.3 is 9.88 Å². The molecule has 2 aromatic carbocycles. The monoisotopic (exact) mass is 346 g/mol. The number of anilines is 1. The first-order chi connectivity index (χ1) is 12.6. The number of Topliss-reactive ketones (excluding diaryl/α,β-unsaturated/α-hetero) is 1. The van der Waals surface area contributed by atoms with E-state index in [1.807, 2.05) is 68.6 Å². The van der Waals surface area contributed by atoms with Crippen LogP contribution in [0.4, 0.5) is 5.69 Å². The van der Waals surface area contributed by atoms with E-state index in [9.17, 15) is 9.59 Å². The molecule has 3 rings (SSSR count). The highest BCUT2D eigenvalue weighted by atomic mass is 16.2. The van der Waals surface area contributed by atoms with Crippen molar-refractivity contribution in [3.05, 3.63) is 89.2 Å². The van der Waals surface area contributed by atoms with Crippen LogP contribution in [0.5, 0.6) is 0 Å². The van der Waals surface area contributed by atoms with Gasteiger partial charge in [-0.15, -0.1) is 0 Å². The molecule has 0 bridgehead atoms. The number of nitrogens with zero attached hydrogens (tertiary/aromatic N) is 1. The molecule has 132 valence electrons. The van der Waals surface area contributed by atoms with Crippen molar-refractivity contribution in [1.82, 2.24) is 4.57 Å². The molecule has 0 aliphatic carbocycles. The van der Waals surface area contributed by atoms with Crippen LogP contribution in [0.1, 0.15) is 34.1 Å². The Labute approximate surface area is 153 Å². The number of aryl methyl sites for hydroxylation is 2. The lowest BCUT2D eigenvalue weighted by molar-refractivity contribution is -0.112. The van der Waals surface area contributed by atoms with Crippen LogP contribution in [0.3, 0.4) is 0 Å². The van der Waals surface area contributed by atoms with Gasteiger partial charge in [0.2, 0.25) is 0 Å². The summed E-state index contributed by atoms with van der Waals surface area (Å²) in [6.45, 7) is 4.50. The van der Waals surface area contributed by atoms with Crippen molar-refractivity contribution in [2.75, 3.05) is 5.32 Å².